The van der Waals surface area contributed by atoms with Crippen molar-refractivity contribution in [3.05, 3.63) is 11.6 Å². The second-order valence-electron chi connectivity index (χ2n) is 11.4. The molecule has 2 N–H and O–H groups in total. The van der Waals surface area contributed by atoms with Crippen LogP contribution >= 0.6 is 0 Å². The summed E-state index contributed by atoms with van der Waals surface area (Å²) < 4.78 is 45.0. The van der Waals surface area contributed by atoms with E-state index < -0.39 is 19.1 Å². The van der Waals surface area contributed by atoms with Gasteiger partial charge in [-0.3, -0.25) is 0 Å². The third-order valence-corrected chi connectivity index (χ3v) is 8.88. The van der Waals surface area contributed by atoms with E-state index in [2.05, 4.69) is 13.0 Å². The smallest absolute Gasteiger partial charge is 0.272 e. The largest absolute Gasteiger partial charge is 0.388 e. The number of methoxy groups -OCH3 is 1. The van der Waals surface area contributed by atoms with E-state index in [0.29, 0.717) is 32.3 Å². The predicted octanol–water partition coefficient (Wildman–Crippen LogP) is 2.49. The van der Waals surface area contributed by atoms with Crippen molar-refractivity contribution in [2.24, 2.45) is 17.8 Å². The van der Waals surface area contributed by atoms with Gasteiger partial charge >= 0.3 is 0 Å². The van der Waals surface area contributed by atoms with Crippen molar-refractivity contribution in [2.75, 3.05) is 33.5 Å². The molecule has 1 saturated carbocycles. The van der Waals surface area contributed by atoms with Crippen molar-refractivity contribution in [3.8, 4) is 0 Å². The first-order valence-electron chi connectivity index (χ1n) is 14.5. The van der Waals surface area contributed by atoms with Gasteiger partial charge in [0.05, 0.1) is 56.9 Å². The normalized spacial score (nSPS) is 42.0. The number of ether oxygens (including phenoxy) is 8. The Hall–Kier alpha value is -0.660. The van der Waals surface area contributed by atoms with Crippen LogP contribution in [-0.4, -0.2) is 99.4 Å². The van der Waals surface area contributed by atoms with Crippen molar-refractivity contribution in [1.82, 2.24) is 0 Å². The summed E-state index contributed by atoms with van der Waals surface area (Å²) in [7, 11) is 1.65. The van der Waals surface area contributed by atoms with Gasteiger partial charge in [0.15, 0.2) is 0 Å². The molecular weight excluding hydrogens is 496 g/mol. The average molecular weight is 543 g/mol. The number of hydrogen-bond donors (Lipinski definition) is 2. The Labute approximate surface area is 225 Å². The number of unbranched alkanes of at least 4 members (excludes halogenated alkanes) is 4. The first kappa shape index (κ1) is 28.9. The van der Waals surface area contributed by atoms with Crippen LogP contribution in [0.1, 0.15) is 58.8 Å². The molecular formula is C28H46O10. The molecule has 218 valence electrons. The summed E-state index contributed by atoms with van der Waals surface area (Å²) in [6.45, 7) is 4.31. The maximum Gasteiger partial charge on any atom is 0.272 e. The zero-order valence-electron chi connectivity index (χ0n) is 22.9. The van der Waals surface area contributed by atoms with Crippen LogP contribution in [0.4, 0.5) is 0 Å². The lowest BCUT2D eigenvalue weighted by Gasteiger charge is -2.58. The summed E-state index contributed by atoms with van der Waals surface area (Å²) in [5, 5.41) is 20.7. The molecule has 0 aromatic carbocycles. The summed E-state index contributed by atoms with van der Waals surface area (Å²) in [4.78, 5) is 0. The van der Waals surface area contributed by atoms with Gasteiger partial charge in [-0.1, -0.05) is 45.1 Å². The molecule has 2 aliphatic carbocycles. The van der Waals surface area contributed by atoms with Crippen molar-refractivity contribution >= 4 is 0 Å². The Morgan fingerprint density at radius 1 is 0.842 bits per heavy atom. The number of rotatable bonds is 16. The first-order chi connectivity index (χ1) is 18.5. The highest BCUT2D eigenvalue weighted by atomic mass is 16.9. The quantitative estimate of drug-likeness (QED) is 0.223. The van der Waals surface area contributed by atoms with Crippen LogP contribution < -0.4 is 0 Å². The minimum Gasteiger partial charge on any atom is -0.388 e. The summed E-state index contributed by atoms with van der Waals surface area (Å²) in [6.07, 6.45) is 8.69. The van der Waals surface area contributed by atoms with E-state index in [1.54, 1.807) is 7.11 Å². The van der Waals surface area contributed by atoms with Gasteiger partial charge < -0.3 is 48.1 Å². The molecule has 0 amide bonds. The number of aliphatic hydroxyl groups excluding tert-OH is 2. The van der Waals surface area contributed by atoms with Gasteiger partial charge in [-0.05, 0) is 25.3 Å². The number of fused-ring (bicyclic) bond motifs is 1. The van der Waals surface area contributed by atoms with Crippen molar-refractivity contribution in [3.63, 3.8) is 0 Å². The third kappa shape index (κ3) is 6.30. The average Bonchev–Trinajstić information content (AvgIpc) is 2.90. The Morgan fingerprint density at radius 3 is 2.37 bits per heavy atom. The van der Waals surface area contributed by atoms with Gasteiger partial charge in [0.25, 0.3) is 13.0 Å². The third-order valence-electron chi connectivity index (χ3n) is 8.88. The van der Waals surface area contributed by atoms with E-state index in [-0.39, 0.29) is 48.5 Å². The Bertz CT molecular complexity index is 759. The van der Waals surface area contributed by atoms with E-state index >= 15 is 0 Å². The monoisotopic (exact) mass is 542 g/mol. The zero-order chi connectivity index (χ0) is 26.6. The summed E-state index contributed by atoms with van der Waals surface area (Å²) in [5.74, 6) is 0.754. The fourth-order valence-electron chi connectivity index (χ4n) is 6.82. The predicted molar refractivity (Wildman–Crippen MR) is 135 cm³/mol. The van der Waals surface area contributed by atoms with E-state index in [1.165, 1.54) is 12.8 Å². The Kier molecular flexibility index (Phi) is 10.1. The molecule has 0 spiro atoms. The molecule has 5 fully saturated rings. The molecule has 38 heavy (non-hydrogen) atoms. The maximum atomic E-state index is 10.6. The molecule has 4 bridgehead atoms. The Balaban J connectivity index is 0.963. The molecule has 0 radical (unpaired) electrons. The molecule has 12 atom stereocenters. The van der Waals surface area contributed by atoms with Crippen LogP contribution in [0.5, 0.6) is 0 Å². The molecule has 10 unspecified atom stereocenters. The van der Waals surface area contributed by atoms with Crippen molar-refractivity contribution < 1.29 is 48.1 Å². The standard InChI is InChI=1S/C28H46O10/c1-16-22-19(26-21(29)23(16)37-28(36-22)38-26)10-8-6-4-5-7-9-18-15-20-24(34-27(30)35-25(18)20)17(2)33-14-13-32-12-11-31-3/h15-19,21-30H,4-14H2,1-3H3/t16?,17?,18?,19?,21?,22?,23?,24-,25-,26?,27?,28?/m0/s1. The van der Waals surface area contributed by atoms with Crippen LogP contribution in [0.2, 0.25) is 0 Å². The first-order valence-corrected chi connectivity index (χ1v) is 14.5. The SMILES string of the molecule is COCCOCCOC(C)[C@@H]1OC(O)O[C@@H]2C1=CC2CCCCCCCC1C2OC3OC(C2C)C(O)C1O3. The molecule has 6 rings (SSSR count). The second kappa shape index (κ2) is 13.3. The zero-order valence-corrected chi connectivity index (χ0v) is 22.9. The number of aliphatic hydroxyl groups is 2. The topological polar surface area (TPSA) is 114 Å². The van der Waals surface area contributed by atoms with Gasteiger partial charge in [0, 0.05) is 24.9 Å². The molecule has 0 aromatic rings. The minimum atomic E-state index is -1.22. The molecule has 0 aromatic heterocycles. The lowest BCUT2D eigenvalue weighted by atomic mass is 9.70. The van der Waals surface area contributed by atoms with Gasteiger partial charge in [-0.15, -0.1) is 0 Å². The highest BCUT2D eigenvalue weighted by molar-refractivity contribution is 5.30. The van der Waals surface area contributed by atoms with E-state index in [0.717, 1.165) is 37.7 Å². The minimum absolute atomic E-state index is 0.0953. The van der Waals surface area contributed by atoms with Gasteiger partial charge in [0.1, 0.15) is 12.2 Å². The molecule has 4 saturated heterocycles. The van der Waals surface area contributed by atoms with E-state index in [9.17, 15) is 10.2 Å². The highest BCUT2D eigenvalue weighted by Crippen LogP contribution is 2.47. The van der Waals surface area contributed by atoms with E-state index in [1.807, 2.05) is 6.92 Å². The Morgan fingerprint density at radius 2 is 1.55 bits per heavy atom. The van der Waals surface area contributed by atoms with Crippen LogP contribution in [0.3, 0.4) is 0 Å². The van der Waals surface area contributed by atoms with Crippen LogP contribution in [0, 0.1) is 17.8 Å². The fraction of sp³-hybridized carbons (Fsp3) is 0.929. The van der Waals surface area contributed by atoms with Crippen molar-refractivity contribution in [2.45, 2.75) is 114 Å². The number of hydrogen-bond acceptors (Lipinski definition) is 10. The molecule has 10 heteroatoms. The van der Waals surface area contributed by atoms with Gasteiger partial charge in [0.2, 0.25) is 0 Å². The summed E-state index contributed by atoms with van der Waals surface area (Å²) in [6, 6.07) is 0. The summed E-state index contributed by atoms with van der Waals surface area (Å²) >= 11 is 0. The molecule has 4 heterocycles. The lowest BCUT2D eigenvalue weighted by Crippen LogP contribution is -2.70. The van der Waals surface area contributed by atoms with Crippen LogP contribution in [0.15, 0.2) is 11.6 Å². The lowest BCUT2D eigenvalue weighted by molar-refractivity contribution is -0.472. The van der Waals surface area contributed by atoms with Crippen LogP contribution in [-0.2, 0) is 37.9 Å². The van der Waals surface area contributed by atoms with Gasteiger partial charge in [-0.2, -0.15) is 0 Å². The molecule has 4 aliphatic heterocycles. The summed E-state index contributed by atoms with van der Waals surface area (Å²) in [5.41, 5.74) is 1.08. The highest BCUT2D eigenvalue weighted by Gasteiger charge is 2.59. The maximum absolute atomic E-state index is 10.6. The fourth-order valence-corrected chi connectivity index (χ4v) is 6.82. The van der Waals surface area contributed by atoms with Crippen LogP contribution in [0.25, 0.3) is 0 Å². The second-order valence-corrected chi connectivity index (χ2v) is 11.4. The molecule has 10 nitrogen and oxygen atoms in total. The van der Waals surface area contributed by atoms with Gasteiger partial charge in [-0.25, -0.2) is 0 Å². The van der Waals surface area contributed by atoms with Crippen molar-refractivity contribution in [1.29, 1.82) is 0 Å². The van der Waals surface area contributed by atoms with E-state index in [4.69, 9.17) is 37.9 Å². The molecule has 6 aliphatic rings.